The third kappa shape index (κ3) is 4.24. The van der Waals surface area contributed by atoms with Crippen LogP contribution in [0.15, 0.2) is 48.5 Å². The molecule has 2 aromatic carbocycles. The first-order chi connectivity index (χ1) is 14.6. The second-order valence-corrected chi connectivity index (χ2v) is 7.38. The summed E-state index contributed by atoms with van der Waals surface area (Å²) in [5, 5.41) is 15.4. The summed E-state index contributed by atoms with van der Waals surface area (Å²) in [5.74, 6) is 0.279. The van der Waals surface area contributed by atoms with Crippen LogP contribution in [0.1, 0.15) is 24.3 Å². The molecule has 0 spiro atoms. The van der Waals surface area contributed by atoms with Gasteiger partial charge in [-0.2, -0.15) is 0 Å². The average Bonchev–Trinajstić information content (AvgIpc) is 3.11. The Balaban J connectivity index is 1.49. The molecule has 2 amide bonds. The van der Waals surface area contributed by atoms with E-state index in [9.17, 15) is 14.7 Å². The molecule has 2 aromatic rings. The molecule has 4 atom stereocenters. The molecule has 0 radical (unpaired) electrons. The lowest BCUT2D eigenvalue weighted by Gasteiger charge is -2.36. The lowest BCUT2D eigenvalue weighted by Crippen LogP contribution is -2.46. The molecular formula is C22H24N2O6. The number of anilines is 2. The topological polar surface area (TPSA) is 106 Å². The molecule has 2 aliphatic heterocycles. The van der Waals surface area contributed by atoms with E-state index < -0.39 is 6.10 Å². The van der Waals surface area contributed by atoms with Crippen LogP contribution >= 0.6 is 0 Å². The number of nitrogens with one attached hydrogen (secondary N) is 2. The van der Waals surface area contributed by atoms with Crippen molar-refractivity contribution in [3.05, 3.63) is 54.1 Å². The van der Waals surface area contributed by atoms with Gasteiger partial charge in [-0.25, -0.2) is 4.79 Å². The van der Waals surface area contributed by atoms with Gasteiger partial charge in [0.25, 0.3) is 0 Å². The summed E-state index contributed by atoms with van der Waals surface area (Å²) < 4.78 is 16.6. The predicted octanol–water partition coefficient (Wildman–Crippen LogP) is 2.89. The Labute approximate surface area is 174 Å². The zero-order chi connectivity index (χ0) is 21.1. The molecular weight excluding hydrogens is 388 g/mol. The van der Waals surface area contributed by atoms with Crippen LogP contribution in [0.25, 0.3) is 0 Å². The molecule has 0 aliphatic carbocycles. The summed E-state index contributed by atoms with van der Waals surface area (Å²) in [4.78, 5) is 24.0. The van der Waals surface area contributed by atoms with Crippen molar-refractivity contribution in [2.45, 2.75) is 37.1 Å². The van der Waals surface area contributed by atoms with Gasteiger partial charge in [0.15, 0.2) is 0 Å². The van der Waals surface area contributed by atoms with Crippen LogP contribution in [-0.4, -0.2) is 49.1 Å². The number of urea groups is 1. The van der Waals surface area contributed by atoms with E-state index in [2.05, 4.69) is 10.6 Å². The van der Waals surface area contributed by atoms with Gasteiger partial charge in [-0.1, -0.05) is 18.2 Å². The molecule has 0 bridgehead atoms. The second-order valence-electron chi connectivity index (χ2n) is 7.38. The van der Waals surface area contributed by atoms with Gasteiger partial charge in [-0.05, 0) is 36.8 Å². The van der Waals surface area contributed by atoms with Crippen LogP contribution in [0.2, 0.25) is 0 Å². The highest BCUT2D eigenvalue weighted by molar-refractivity contribution is 5.99. The van der Waals surface area contributed by atoms with E-state index in [-0.39, 0.29) is 43.2 Å². The van der Waals surface area contributed by atoms with Crippen LogP contribution in [0, 0.1) is 0 Å². The van der Waals surface area contributed by atoms with Crippen LogP contribution in [0.3, 0.4) is 0 Å². The van der Waals surface area contributed by atoms with Crippen molar-refractivity contribution in [3.8, 4) is 5.75 Å². The predicted molar refractivity (Wildman–Crippen MR) is 110 cm³/mol. The molecule has 2 heterocycles. The Morgan fingerprint density at radius 3 is 2.63 bits per heavy atom. The Hall–Kier alpha value is -3.10. The lowest BCUT2D eigenvalue weighted by atomic mass is 9.84. The molecule has 1 saturated heterocycles. The van der Waals surface area contributed by atoms with Gasteiger partial charge in [-0.15, -0.1) is 0 Å². The van der Waals surface area contributed by atoms with Crippen molar-refractivity contribution >= 4 is 23.4 Å². The molecule has 1 fully saturated rings. The number of hydrogen-bond acceptors (Lipinski definition) is 6. The first-order valence-electron chi connectivity index (χ1n) is 9.84. The summed E-state index contributed by atoms with van der Waals surface area (Å²) in [5.41, 5.74) is 2.25. The number of carbonyl (C=O) groups excluding carboxylic acids is 2. The van der Waals surface area contributed by atoms with E-state index in [0.29, 0.717) is 23.5 Å². The monoisotopic (exact) mass is 412 g/mol. The number of hydrogen-bond donors (Lipinski definition) is 3. The second kappa shape index (κ2) is 8.73. The smallest absolute Gasteiger partial charge is 0.323 e. The molecule has 4 rings (SSSR count). The zero-order valence-electron chi connectivity index (χ0n) is 16.5. The van der Waals surface area contributed by atoms with Crippen molar-refractivity contribution in [2.75, 3.05) is 24.4 Å². The largest absolute Gasteiger partial charge is 0.487 e. The minimum Gasteiger partial charge on any atom is -0.487 e. The molecule has 8 nitrogen and oxygen atoms in total. The number of amides is 2. The maximum atomic E-state index is 12.3. The quantitative estimate of drug-likeness (QED) is 0.652. The molecule has 3 N–H and O–H groups in total. The van der Waals surface area contributed by atoms with Crippen LogP contribution in [0.5, 0.6) is 5.75 Å². The molecule has 2 aliphatic rings. The van der Waals surface area contributed by atoms with Gasteiger partial charge in [0.2, 0.25) is 0 Å². The van der Waals surface area contributed by atoms with Gasteiger partial charge in [0.05, 0.1) is 26.2 Å². The van der Waals surface area contributed by atoms with Crippen molar-refractivity contribution in [2.24, 2.45) is 0 Å². The highest BCUT2D eigenvalue weighted by Crippen LogP contribution is 2.47. The highest BCUT2D eigenvalue weighted by atomic mass is 16.6. The van der Waals surface area contributed by atoms with E-state index in [1.807, 2.05) is 24.3 Å². The Morgan fingerprint density at radius 2 is 1.90 bits per heavy atom. The van der Waals surface area contributed by atoms with E-state index in [0.717, 1.165) is 5.56 Å². The third-order valence-electron chi connectivity index (χ3n) is 5.41. The summed E-state index contributed by atoms with van der Waals surface area (Å²) in [6.07, 6.45) is -0.578. The van der Waals surface area contributed by atoms with Gasteiger partial charge < -0.3 is 30.0 Å². The van der Waals surface area contributed by atoms with Crippen molar-refractivity contribution in [1.29, 1.82) is 0 Å². The number of fused-ring (bicyclic) bond motifs is 3. The maximum absolute atomic E-state index is 12.3. The van der Waals surface area contributed by atoms with Crippen LogP contribution in [-0.2, 0) is 14.3 Å². The van der Waals surface area contributed by atoms with Gasteiger partial charge in [-0.3, -0.25) is 4.79 Å². The summed E-state index contributed by atoms with van der Waals surface area (Å²) in [6, 6.07) is 14.3. The number of aliphatic hydroxyl groups excluding tert-OH is 1. The van der Waals surface area contributed by atoms with E-state index in [1.165, 1.54) is 7.11 Å². The van der Waals surface area contributed by atoms with Crippen LogP contribution < -0.4 is 15.4 Å². The van der Waals surface area contributed by atoms with Crippen LogP contribution in [0.4, 0.5) is 16.2 Å². The molecule has 8 heteroatoms. The number of esters is 1. The molecule has 30 heavy (non-hydrogen) atoms. The zero-order valence-corrected chi connectivity index (χ0v) is 16.5. The van der Waals surface area contributed by atoms with Gasteiger partial charge in [0.1, 0.15) is 18.0 Å². The highest BCUT2D eigenvalue weighted by Gasteiger charge is 2.46. The fourth-order valence-corrected chi connectivity index (χ4v) is 4.05. The first kappa shape index (κ1) is 20.2. The Bertz CT molecular complexity index is 919. The molecule has 0 aromatic heterocycles. The van der Waals surface area contributed by atoms with E-state index in [4.69, 9.17) is 14.2 Å². The normalized spacial score (nSPS) is 24.2. The summed E-state index contributed by atoms with van der Waals surface area (Å²) in [6.45, 7) is -0.211. The Morgan fingerprint density at radius 1 is 1.13 bits per heavy atom. The number of carbonyl (C=O) groups is 2. The van der Waals surface area contributed by atoms with E-state index >= 15 is 0 Å². The first-order valence-corrected chi connectivity index (χ1v) is 9.84. The van der Waals surface area contributed by atoms with Gasteiger partial charge >= 0.3 is 12.0 Å². The van der Waals surface area contributed by atoms with Crippen molar-refractivity contribution in [3.63, 3.8) is 0 Å². The van der Waals surface area contributed by atoms with Gasteiger partial charge in [0, 0.05) is 22.9 Å². The number of rotatable bonds is 5. The van der Waals surface area contributed by atoms with E-state index in [1.54, 1.807) is 24.3 Å². The van der Waals surface area contributed by atoms with Crippen molar-refractivity contribution < 1.29 is 28.9 Å². The Kier molecular flexibility index (Phi) is 5.87. The maximum Gasteiger partial charge on any atom is 0.323 e. The number of methoxy groups -OCH3 is 1. The fraction of sp³-hybridized carbons (Fsp3) is 0.364. The SMILES string of the molecule is COC(=O)C[C@@H]1C[C@H]2c3cc(NC(=O)Nc4ccccc4)ccc3O[C@H]2[C@@H](CO)O1. The standard InChI is InChI=1S/C22H24N2O6/c1-28-20(26)11-15-10-17-16-9-14(24-22(27)23-13-5-3-2-4-6-13)7-8-18(16)30-21(17)19(12-25)29-15/h2-9,15,17,19,21,25H,10-12H2,1H3,(H2,23,24,27)/t15-,17-,19+,21+/m0/s1. The number of ether oxygens (including phenoxy) is 3. The minimum absolute atomic E-state index is 0.0560. The number of aliphatic hydroxyl groups is 1. The third-order valence-corrected chi connectivity index (χ3v) is 5.41. The molecule has 158 valence electrons. The minimum atomic E-state index is -0.538. The summed E-state index contributed by atoms with van der Waals surface area (Å²) in [7, 11) is 1.34. The lowest BCUT2D eigenvalue weighted by molar-refractivity contribution is -0.156. The molecule has 0 unspecified atom stereocenters. The van der Waals surface area contributed by atoms with Crippen molar-refractivity contribution in [1.82, 2.24) is 0 Å². The summed E-state index contributed by atoms with van der Waals surface area (Å²) >= 11 is 0. The number of para-hydroxylation sites is 1. The fourth-order valence-electron chi connectivity index (χ4n) is 4.05. The molecule has 0 saturated carbocycles. The number of benzene rings is 2. The average molecular weight is 412 g/mol.